The number of anilines is 1. The lowest BCUT2D eigenvalue weighted by Gasteiger charge is -2.11. The predicted molar refractivity (Wildman–Crippen MR) is 77.9 cm³/mol. The van der Waals surface area contributed by atoms with Crippen molar-refractivity contribution in [3.05, 3.63) is 64.7 Å². The van der Waals surface area contributed by atoms with E-state index in [1.807, 2.05) is 5.32 Å². The number of amides is 1. The molecule has 0 fully saturated rings. The van der Waals surface area contributed by atoms with Crippen LogP contribution < -0.4 is 5.32 Å². The quantitative estimate of drug-likeness (QED) is 0.668. The van der Waals surface area contributed by atoms with Crippen LogP contribution in [0.4, 0.5) is 28.0 Å². The van der Waals surface area contributed by atoms with Gasteiger partial charge in [-0.3, -0.25) is 5.32 Å². The molecule has 9 heteroatoms. The van der Waals surface area contributed by atoms with Gasteiger partial charge >= 0.3 is 12.1 Å². The van der Waals surface area contributed by atoms with Gasteiger partial charge in [0.2, 0.25) is 0 Å². The summed E-state index contributed by atoms with van der Waals surface area (Å²) in [6.45, 7) is -0.488. The summed E-state index contributed by atoms with van der Waals surface area (Å²) >= 11 is 0. The minimum atomic E-state index is -1.31. The molecule has 132 valence electrons. The number of halogens is 4. The van der Waals surface area contributed by atoms with E-state index in [9.17, 15) is 27.2 Å². The number of carbonyl (C=O) groups excluding carboxylic acids is 2. The van der Waals surface area contributed by atoms with Gasteiger partial charge in [-0.25, -0.2) is 27.2 Å². The van der Waals surface area contributed by atoms with Crippen molar-refractivity contribution >= 4 is 17.7 Å². The largest absolute Gasteiger partial charge is 0.465 e. The fourth-order valence-corrected chi connectivity index (χ4v) is 1.92. The lowest BCUT2D eigenvalue weighted by Crippen LogP contribution is -2.17. The molecule has 0 unspecified atom stereocenters. The monoisotopic (exact) mass is 357 g/mol. The molecule has 2 aromatic carbocycles. The van der Waals surface area contributed by atoms with E-state index in [-0.39, 0.29) is 11.3 Å². The normalized spacial score (nSPS) is 10.3. The fourth-order valence-electron chi connectivity index (χ4n) is 1.92. The number of ether oxygens (including phenoxy) is 2. The topological polar surface area (TPSA) is 64.6 Å². The molecule has 1 N–H and O–H groups in total. The second kappa shape index (κ2) is 7.65. The highest BCUT2D eigenvalue weighted by molar-refractivity contribution is 5.99. The van der Waals surface area contributed by atoms with E-state index in [1.54, 1.807) is 0 Å². The van der Waals surface area contributed by atoms with E-state index in [4.69, 9.17) is 4.74 Å². The summed E-state index contributed by atoms with van der Waals surface area (Å²) in [7, 11) is 1.02. The Labute approximate surface area is 139 Å². The smallest absolute Gasteiger partial charge is 0.411 e. The number of hydrogen-bond donors (Lipinski definition) is 1. The summed E-state index contributed by atoms with van der Waals surface area (Å²) in [5, 5.41) is 2.04. The van der Waals surface area contributed by atoms with Gasteiger partial charge < -0.3 is 9.47 Å². The Morgan fingerprint density at radius 1 is 0.960 bits per heavy atom. The van der Waals surface area contributed by atoms with Crippen LogP contribution in [0.25, 0.3) is 0 Å². The Kier molecular flexibility index (Phi) is 5.58. The molecule has 1 amide bonds. The van der Waals surface area contributed by atoms with E-state index in [0.717, 1.165) is 19.2 Å². The Balaban J connectivity index is 2.12. The third-order valence-corrected chi connectivity index (χ3v) is 2.99. The second-order valence-corrected chi connectivity index (χ2v) is 4.78. The summed E-state index contributed by atoms with van der Waals surface area (Å²) in [5.41, 5.74) is -0.789. The van der Waals surface area contributed by atoms with Crippen LogP contribution in [0.2, 0.25) is 0 Å². The number of benzene rings is 2. The number of nitrogens with one attached hydrogen (secondary N) is 1. The van der Waals surface area contributed by atoms with Crippen molar-refractivity contribution in [2.75, 3.05) is 12.4 Å². The Bertz CT molecular complexity index is 806. The van der Waals surface area contributed by atoms with Gasteiger partial charge in [-0.1, -0.05) is 0 Å². The minimum absolute atomic E-state index is 0.0335. The van der Waals surface area contributed by atoms with Crippen molar-refractivity contribution in [3.8, 4) is 0 Å². The van der Waals surface area contributed by atoms with Crippen LogP contribution in [0.1, 0.15) is 15.9 Å². The number of esters is 1. The summed E-state index contributed by atoms with van der Waals surface area (Å²) in [4.78, 5) is 23.3. The number of methoxy groups -OCH3 is 1. The van der Waals surface area contributed by atoms with Gasteiger partial charge in [0.05, 0.1) is 18.4 Å². The van der Waals surface area contributed by atoms with Gasteiger partial charge in [0.1, 0.15) is 18.2 Å². The number of hydrogen-bond acceptors (Lipinski definition) is 4. The zero-order valence-electron chi connectivity index (χ0n) is 12.7. The molecule has 0 aliphatic carbocycles. The first-order valence-electron chi connectivity index (χ1n) is 6.76. The van der Waals surface area contributed by atoms with E-state index in [2.05, 4.69) is 4.74 Å². The van der Waals surface area contributed by atoms with Crippen LogP contribution in [-0.2, 0) is 16.1 Å². The molecule has 2 rings (SSSR count). The molecular formula is C16H11F4NO4. The molecular weight excluding hydrogens is 346 g/mol. The summed E-state index contributed by atoms with van der Waals surface area (Å²) < 4.78 is 61.8. The molecule has 25 heavy (non-hydrogen) atoms. The molecule has 0 radical (unpaired) electrons. The molecule has 0 bridgehead atoms. The highest BCUT2D eigenvalue weighted by Crippen LogP contribution is 2.21. The van der Waals surface area contributed by atoms with Crippen molar-refractivity contribution in [2.24, 2.45) is 0 Å². The molecule has 0 saturated carbocycles. The summed E-state index contributed by atoms with van der Waals surface area (Å²) in [6, 6.07) is 3.68. The average Bonchev–Trinajstić information content (AvgIpc) is 2.54. The highest BCUT2D eigenvalue weighted by atomic mass is 19.2. The zero-order chi connectivity index (χ0) is 18.6. The SMILES string of the molecule is COC(=O)c1cc(F)c(F)cc1NC(=O)OCc1cc(F)cc(F)c1. The molecule has 0 heterocycles. The Morgan fingerprint density at radius 3 is 2.16 bits per heavy atom. The van der Waals surface area contributed by atoms with Gasteiger partial charge in [-0.15, -0.1) is 0 Å². The first-order chi connectivity index (χ1) is 11.8. The summed E-state index contributed by atoms with van der Waals surface area (Å²) in [5.74, 6) is -5.34. The van der Waals surface area contributed by atoms with E-state index in [1.165, 1.54) is 0 Å². The van der Waals surface area contributed by atoms with Crippen LogP contribution in [0.15, 0.2) is 30.3 Å². The third-order valence-electron chi connectivity index (χ3n) is 2.99. The molecule has 0 saturated heterocycles. The van der Waals surface area contributed by atoms with Crippen LogP contribution in [0.5, 0.6) is 0 Å². The van der Waals surface area contributed by atoms with Gasteiger partial charge in [0, 0.05) is 12.1 Å². The highest BCUT2D eigenvalue weighted by Gasteiger charge is 2.19. The maximum absolute atomic E-state index is 13.3. The molecule has 0 atom stereocenters. The van der Waals surface area contributed by atoms with Gasteiger partial charge in [0.15, 0.2) is 11.6 Å². The zero-order valence-corrected chi connectivity index (χ0v) is 12.7. The molecule has 5 nitrogen and oxygen atoms in total. The Morgan fingerprint density at radius 2 is 1.56 bits per heavy atom. The van der Waals surface area contributed by atoms with Gasteiger partial charge in [0.25, 0.3) is 0 Å². The standard InChI is InChI=1S/C16H11F4NO4/c1-24-15(22)11-5-12(19)13(20)6-14(11)21-16(23)25-7-8-2-9(17)4-10(18)3-8/h2-6H,7H2,1H3,(H,21,23). The fraction of sp³-hybridized carbons (Fsp3) is 0.125. The summed E-state index contributed by atoms with van der Waals surface area (Å²) in [6.07, 6.45) is -1.15. The number of carbonyl (C=O) groups is 2. The van der Waals surface area contributed by atoms with Gasteiger partial charge in [-0.2, -0.15) is 0 Å². The molecule has 0 aliphatic heterocycles. The Hall–Kier alpha value is -3.10. The molecule has 0 spiro atoms. The number of rotatable bonds is 4. The molecule has 2 aromatic rings. The first-order valence-corrected chi connectivity index (χ1v) is 6.76. The van der Waals surface area contributed by atoms with Crippen LogP contribution in [0.3, 0.4) is 0 Å². The second-order valence-electron chi connectivity index (χ2n) is 4.78. The van der Waals surface area contributed by atoms with E-state index < -0.39 is 47.5 Å². The van der Waals surface area contributed by atoms with E-state index >= 15 is 0 Å². The van der Waals surface area contributed by atoms with Crippen molar-refractivity contribution in [2.45, 2.75) is 6.61 Å². The van der Waals surface area contributed by atoms with Crippen molar-refractivity contribution in [1.82, 2.24) is 0 Å². The molecule has 0 aromatic heterocycles. The lowest BCUT2D eigenvalue weighted by molar-refractivity contribution is 0.0601. The van der Waals surface area contributed by atoms with Crippen LogP contribution in [-0.4, -0.2) is 19.2 Å². The lowest BCUT2D eigenvalue weighted by atomic mass is 10.1. The minimum Gasteiger partial charge on any atom is -0.465 e. The van der Waals surface area contributed by atoms with E-state index in [0.29, 0.717) is 18.2 Å². The average molecular weight is 357 g/mol. The third kappa shape index (κ3) is 4.69. The van der Waals surface area contributed by atoms with Crippen LogP contribution in [0, 0.1) is 23.3 Å². The van der Waals surface area contributed by atoms with Crippen molar-refractivity contribution in [1.29, 1.82) is 0 Å². The van der Waals surface area contributed by atoms with Crippen molar-refractivity contribution < 1.29 is 36.6 Å². The molecule has 0 aliphatic rings. The first kappa shape index (κ1) is 18.2. The van der Waals surface area contributed by atoms with Crippen LogP contribution >= 0.6 is 0 Å². The van der Waals surface area contributed by atoms with Gasteiger partial charge in [-0.05, 0) is 23.8 Å². The maximum Gasteiger partial charge on any atom is 0.411 e. The maximum atomic E-state index is 13.3. The predicted octanol–water partition coefficient (Wildman–Crippen LogP) is 3.78. The van der Waals surface area contributed by atoms with Crippen molar-refractivity contribution in [3.63, 3.8) is 0 Å².